The lowest BCUT2D eigenvalue weighted by Gasteiger charge is -2.31. The predicted molar refractivity (Wildman–Crippen MR) is 103 cm³/mol. The molecule has 1 heterocycles. The van der Waals surface area contributed by atoms with Gasteiger partial charge in [-0.15, -0.1) is 0 Å². The summed E-state index contributed by atoms with van der Waals surface area (Å²) in [6.45, 7) is 3.74. The Kier molecular flexibility index (Phi) is 6.97. The second kappa shape index (κ2) is 9.04. The Labute approximate surface area is 171 Å². The maximum atomic E-state index is 13.7. The van der Waals surface area contributed by atoms with Crippen molar-refractivity contribution >= 4 is 29.2 Å². The van der Waals surface area contributed by atoms with Crippen LogP contribution >= 0.6 is 11.6 Å². The van der Waals surface area contributed by atoms with Crippen molar-refractivity contribution in [3.63, 3.8) is 0 Å². The van der Waals surface area contributed by atoms with Gasteiger partial charge in [0.15, 0.2) is 0 Å². The van der Waals surface area contributed by atoms with Gasteiger partial charge in [-0.1, -0.05) is 23.7 Å². The van der Waals surface area contributed by atoms with Gasteiger partial charge < -0.3 is 14.8 Å². The lowest BCUT2D eigenvalue weighted by atomic mass is 9.80. The highest BCUT2D eigenvalue weighted by Gasteiger charge is 2.41. The lowest BCUT2D eigenvalue weighted by Crippen LogP contribution is -2.34. The second-order valence-corrected chi connectivity index (χ2v) is 6.88. The highest BCUT2D eigenvalue weighted by molar-refractivity contribution is 6.33. The third-order valence-corrected chi connectivity index (χ3v) is 4.67. The number of benzene rings is 1. The first kappa shape index (κ1) is 22.4. The molecule has 0 amide bonds. The van der Waals surface area contributed by atoms with E-state index in [4.69, 9.17) is 21.1 Å². The molecule has 0 fully saturated rings. The first-order chi connectivity index (χ1) is 13.6. The molecule has 1 N–H and O–H groups in total. The van der Waals surface area contributed by atoms with Crippen molar-refractivity contribution in [3.8, 4) is 0 Å². The van der Waals surface area contributed by atoms with Crippen LogP contribution in [-0.2, 0) is 19.1 Å². The van der Waals surface area contributed by atoms with Gasteiger partial charge in [-0.3, -0.25) is 10.1 Å². The van der Waals surface area contributed by atoms with Crippen LogP contribution in [0.1, 0.15) is 32.3 Å². The molecule has 8 nitrogen and oxygen atoms in total. The summed E-state index contributed by atoms with van der Waals surface area (Å²) in [4.78, 5) is 36.0. The van der Waals surface area contributed by atoms with E-state index in [2.05, 4.69) is 5.32 Å². The van der Waals surface area contributed by atoms with Gasteiger partial charge >= 0.3 is 11.9 Å². The Balaban J connectivity index is 2.82. The van der Waals surface area contributed by atoms with Crippen molar-refractivity contribution in [2.75, 3.05) is 13.8 Å². The number of halogens is 2. The highest BCUT2D eigenvalue weighted by Crippen LogP contribution is 2.44. The smallest absolute Gasteiger partial charge is 0.337 e. The molecular formula is C19H20ClFN2O6. The quantitative estimate of drug-likeness (QED) is 0.421. The molecule has 1 aromatic rings. The fourth-order valence-electron chi connectivity index (χ4n) is 3.11. The van der Waals surface area contributed by atoms with E-state index in [1.807, 2.05) is 0 Å². The van der Waals surface area contributed by atoms with E-state index in [1.165, 1.54) is 25.1 Å². The number of hydrogen-bond donors (Lipinski definition) is 1. The third-order valence-electron chi connectivity index (χ3n) is 4.26. The van der Waals surface area contributed by atoms with Gasteiger partial charge in [0, 0.05) is 11.8 Å². The standard InChI is InChI=1S/C19H20ClFN2O6/c1-9(2)29-19(25)14-10(3)22-12(8-21)16(18(24)28-4)15(14)11-6-5-7-13(17(11)20)23(26)27/h5-7,9,15,22H,8H2,1-4H3. The molecule has 0 bridgehead atoms. The van der Waals surface area contributed by atoms with Gasteiger partial charge in [0.1, 0.15) is 11.7 Å². The van der Waals surface area contributed by atoms with Crippen molar-refractivity contribution < 1.29 is 28.4 Å². The SMILES string of the molecule is COC(=O)C1=C(CF)NC(C)=C(C(=O)OC(C)C)C1c1cccc([N+](=O)[O-])c1Cl. The molecule has 1 unspecified atom stereocenters. The Morgan fingerprint density at radius 3 is 2.48 bits per heavy atom. The van der Waals surface area contributed by atoms with E-state index in [0.29, 0.717) is 0 Å². The van der Waals surface area contributed by atoms with Gasteiger partial charge in [0.05, 0.1) is 40.9 Å². The third kappa shape index (κ3) is 4.40. The number of nitrogens with one attached hydrogen (secondary N) is 1. The molecule has 1 aliphatic heterocycles. The Hall–Kier alpha value is -2.94. The van der Waals surface area contributed by atoms with Crippen molar-refractivity contribution in [1.82, 2.24) is 5.32 Å². The number of nitro benzene ring substituents is 1. The fourth-order valence-corrected chi connectivity index (χ4v) is 3.42. The van der Waals surface area contributed by atoms with Gasteiger partial charge in [0.25, 0.3) is 5.69 Å². The summed E-state index contributed by atoms with van der Waals surface area (Å²) in [5, 5.41) is 13.7. The van der Waals surface area contributed by atoms with Crippen LogP contribution in [0, 0.1) is 10.1 Å². The first-order valence-corrected chi connectivity index (χ1v) is 9.00. The van der Waals surface area contributed by atoms with Crippen molar-refractivity contribution in [3.05, 3.63) is 61.4 Å². The number of dihydropyridines is 1. The molecule has 2 rings (SSSR count). The van der Waals surface area contributed by atoms with Crippen LogP contribution in [-0.4, -0.2) is 36.8 Å². The number of ether oxygens (including phenoxy) is 2. The maximum absolute atomic E-state index is 13.7. The van der Waals surface area contributed by atoms with Gasteiger partial charge in [-0.2, -0.15) is 0 Å². The Morgan fingerprint density at radius 1 is 1.31 bits per heavy atom. The van der Waals surface area contributed by atoms with Gasteiger partial charge in [-0.05, 0) is 26.3 Å². The van der Waals surface area contributed by atoms with Crippen molar-refractivity contribution in [2.45, 2.75) is 32.8 Å². The maximum Gasteiger partial charge on any atom is 0.337 e. The fraction of sp³-hybridized carbons (Fsp3) is 0.368. The molecule has 0 saturated carbocycles. The number of carbonyl (C=O) groups is 2. The van der Waals surface area contributed by atoms with E-state index in [1.54, 1.807) is 13.8 Å². The Morgan fingerprint density at radius 2 is 1.97 bits per heavy atom. The van der Waals surface area contributed by atoms with Crippen molar-refractivity contribution in [1.29, 1.82) is 0 Å². The molecule has 1 aromatic carbocycles. The number of carbonyl (C=O) groups excluding carboxylic acids is 2. The highest BCUT2D eigenvalue weighted by atomic mass is 35.5. The molecule has 156 valence electrons. The molecule has 10 heteroatoms. The number of methoxy groups -OCH3 is 1. The normalized spacial score (nSPS) is 16.6. The zero-order valence-corrected chi connectivity index (χ0v) is 17.0. The zero-order valence-electron chi connectivity index (χ0n) is 16.2. The van der Waals surface area contributed by atoms with Crippen molar-refractivity contribution in [2.24, 2.45) is 0 Å². The van der Waals surface area contributed by atoms with Crippen LogP contribution in [0.2, 0.25) is 5.02 Å². The van der Waals surface area contributed by atoms with E-state index >= 15 is 0 Å². The van der Waals surface area contributed by atoms with E-state index < -0.39 is 41.2 Å². The minimum atomic E-state index is -1.21. The van der Waals surface area contributed by atoms with Gasteiger partial charge in [-0.25, -0.2) is 14.0 Å². The number of nitro groups is 1. The summed E-state index contributed by atoms with van der Waals surface area (Å²) in [5.41, 5.74) is -0.435. The number of esters is 2. The molecule has 0 aliphatic carbocycles. The average Bonchev–Trinajstić information content (AvgIpc) is 2.65. The number of alkyl halides is 1. The largest absolute Gasteiger partial charge is 0.466 e. The van der Waals surface area contributed by atoms with E-state index in [0.717, 1.165) is 7.11 Å². The molecule has 29 heavy (non-hydrogen) atoms. The molecule has 0 saturated heterocycles. The van der Waals surface area contributed by atoms with E-state index in [-0.39, 0.29) is 33.1 Å². The van der Waals surface area contributed by atoms with Crippen LogP contribution < -0.4 is 5.32 Å². The lowest BCUT2D eigenvalue weighted by molar-refractivity contribution is -0.384. The second-order valence-electron chi connectivity index (χ2n) is 6.51. The minimum Gasteiger partial charge on any atom is -0.466 e. The predicted octanol–water partition coefficient (Wildman–Crippen LogP) is 3.56. The summed E-state index contributed by atoms with van der Waals surface area (Å²) in [7, 11) is 1.11. The van der Waals surface area contributed by atoms with Crippen LogP contribution in [0.25, 0.3) is 0 Å². The van der Waals surface area contributed by atoms with E-state index in [9.17, 15) is 24.1 Å². The van der Waals surface area contributed by atoms with Crippen LogP contribution in [0.3, 0.4) is 0 Å². The molecule has 0 aromatic heterocycles. The summed E-state index contributed by atoms with van der Waals surface area (Å²) in [5.74, 6) is -2.88. The molecule has 0 spiro atoms. The summed E-state index contributed by atoms with van der Waals surface area (Å²) >= 11 is 6.26. The number of rotatable bonds is 6. The number of hydrogen-bond acceptors (Lipinski definition) is 7. The summed E-state index contributed by atoms with van der Waals surface area (Å²) in [6, 6.07) is 3.99. The van der Waals surface area contributed by atoms with Crippen LogP contribution in [0.4, 0.5) is 10.1 Å². The summed E-state index contributed by atoms with van der Waals surface area (Å²) in [6.07, 6.45) is -0.475. The topological polar surface area (TPSA) is 108 Å². The van der Waals surface area contributed by atoms with Crippen LogP contribution in [0.15, 0.2) is 40.7 Å². The monoisotopic (exact) mass is 426 g/mol. The minimum absolute atomic E-state index is 0.0151. The zero-order chi connectivity index (χ0) is 21.9. The van der Waals surface area contributed by atoms with Gasteiger partial charge in [0.2, 0.25) is 0 Å². The first-order valence-electron chi connectivity index (χ1n) is 8.62. The number of nitrogens with zero attached hydrogens (tertiary/aromatic N) is 1. The van der Waals surface area contributed by atoms with Crippen LogP contribution in [0.5, 0.6) is 0 Å². The average molecular weight is 427 g/mol. The Bertz CT molecular complexity index is 925. The molecule has 1 aliphatic rings. The molecule has 1 atom stereocenters. The molecule has 0 radical (unpaired) electrons. The number of allylic oxidation sites excluding steroid dienone is 2. The summed E-state index contributed by atoms with van der Waals surface area (Å²) < 4.78 is 23.8. The molecular weight excluding hydrogens is 407 g/mol.